The van der Waals surface area contributed by atoms with E-state index >= 15 is 0 Å². The van der Waals surface area contributed by atoms with Crippen molar-refractivity contribution in [2.45, 2.75) is 63.7 Å². The van der Waals surface area contributed by atoms with Crippen LogP contribution in [0.15, 0.2) is 41.3 Å². The lowest BCUT2D eigenvalue weighted by Gasteiger charge is -2.28. The molecule has 168 valence electrons. The number of nitrogens with one attached hydrogen (secondary N) is 1. The Bertz CT molecular complexity index is 1070. The van der Waals surface area contributed by atoms with Crippen LogP contribution in [0, 0.1) is 0 Å². The average Bonchev–Trinajstić information content (AvgIpc) is 2.60. The monoisotopic (exact) mass is 447 g/mol. The molecule has 2 rings (SSSR count). The van der Waals surface area contributed by atoms with Gasteiger partial charge in [-0.2, -0.15) is 0 Å². The number of amides is 1. The molecule has 0 spiro atoms. The molecule has 7 nitrogen and oxygen atoms in total. The number of benzene rings is 2. The highest BCUT2D eigenvalue weighted by atomic mass is 32.2. The predicted molar refractivity (Wildman–Crippen MR) is 118 cm³/mol. The number of carbonyl (C=O) groups excluding carboxylic acids is 1. The second-order valence-electron chi connectivity index (χ2n) is 9.57. The SMILES string of the molecule is CC(C)(C)c1cc(CC(=O)NS(=O)(=O)c2ccc(C(=O)O)cc2)cc(C(C)(C)C)c1O. The fourth-order valence-corrected chi connectivity index (χ4v) is 4.13. The maximum absolute atomic E-state index is 12.5. The lowest BCUT2D eigenvalue weighted by Crippen LogP contribution is -2.32. The lowest BCUT2D eigenvalue weighted by atomic mass is 9.78. The first kappa shape index (κ1) is 24.4. The first-order valence-electron chi connectivity index (χ1n) is 9.78. The molecule has 2 aromatic carbocycles. The maximum Gasteiger partial charge on any atom is 0.335 e. The number of phenolic OH excluding ortho intramolecular Hbond substituents is 1. The molecule has 0 saturated heterocycles. The molecule has 0 radical (unpaired) electrons. The van der Waals surface area contributed by atoms with Crippen molar-refractivity contribution >= 4 is 21.9 Å². The molecule has 0 aliphatic heterocycles. The number of carbonyl (C=O) groups is 2. The topological polar surface area (TPSA) is 121 Å². The average molecular weight is 448 g/mol. The molecule has 0 aliphatic carbocycles. The minimum absolute atomic E-state index is 0.0567. The third kappa shape index (κ3) is 5.85. The van der Waals surface area contributed by atoms with E-state index in [1.807, 2.05) is 46.3 Å². The Kier molecular flexibility index (Phi) is 6.56. The standard InChI is InChI=1S/C23H29NO6S/c1-22(2,3)17-11-14(12-18(20(17)26)23(4,5)6)13-19(25)24-31(29,30)16-9-7-15(8-10-16)21(27)28/h7-12,26H,13H2,1-6H3,(H,24,25)(H,27,28). The zero-order chi connectivity index (χ0) is 23.8. The van der Waals surface area contributed by atoms with Gasteiger partial charge in [-0.25, -0.2) is 17.9 Å². The first-order valence-corrected chi connectivity index (χ1v) is 11.3. The van der Waals surface area contributed by atoms with E-state index in [0.29, 0.717) is 16.7 Å². The highest BCUT2D eigenvalue weighted by Gasteiger charge is 2.27. The molecular formula is C23H29NO6S. The van der Waals surface area contributed by atoms with Crippen LogP contribution in [0.2, 0.25) is 0 Å². The van der Waals surface area contributed by atoms with Crippen LogP contribution in [-0.4, -0.2) is 30.5 Å². The van der Waals surface area contributed by atoms with Gasteiger partial charge in [0.15, 0.2) is 0 Å². The summed E-state index contributed by atoms with van der Waals surface area (Å²) in [7, 11) is -4.15. The molecule has 0 bridgehead atoms. The van der Waals surface area contributed by atoms with Crippen LogP contribution >= 0.6 is 0 Å². The number of sulfonamides is 1. The summed E-state index contributed by atoms with van der Waals surface area (Å²) in [4.78, 5) is 23.3. The summed E-state index contributed by atoms with van der Waals surface area (Å²) < 4.78 is 27.0. The van der Waals surface area contributed by atoms with E-state index in [1.54, 1.807) is 12.1 Å². The van der Waals surface area contributed by atoms with Gasteiger partial charge >= 0.3 is 5.97 Å². The van der Waals surface area contributed by atoms with Crippen LogP contribution in [0.4, 0.5) is 0 Å². The zero-order valence-corrected chi connectivity index (χ0v) is 19.4. The van der Waals surface area contributed by atoms with Crippen LogP contribution in [-0.2, 0) is 32.1 Å². The number of rotatable bonds is 5. The van der Waals surface area contributed by atoms with Crippen LogP contribution in [0.5, 0.6) is 5.75 Å². The Morgan fingerprint density at radius 3 is 1.74 bits per heavy atom. The number of aromatic carboxylic acids is 1. The third-order valence-corrected chi connectivity index (χ3v) is 6.20. The van der Waals surface area contributed by atoms with E-state index in [2.05, 4.69) is 0 Å². The van der Waals surface area contributed by atoms with Crippen molar-refractivity contribution in [1.82, 2.24) is 4.72 Å². The molecule has 1 amide bonds. The first-order chi connectivity index (χ1) is 14.0. The summed E-state index contributed by atoms with van der Waals surface area (Å²) in [5.74, 6) is -1.73. The Hall–Kier alpha value is -2.87. The Balaban J connectivity index is 2.33. The van der Waals surface area contributed by atoms with E-state index in [1.165, 1.54) is 0 Å². The Morgan fingerprint density at radius 1 is 0.903 bits per heavy atom. The molecule has 0 atom stereocenters. The van der Waals surface area contributed by atoms with Crippen molar-refractivity contribution in [3.8, 4) is 5.75 Å². The van der Waals surface area contributed by atoms with Crippen molar-refractivity contribution in [1.29, 1.82) is 0 Å². The van der Waals surface area contributed by atoms with Crippen LogP contribution in [0.3, 0.4) is 0 Å². The van der Waals surface area contributed by atoms with E-state index in [-0.39, 0.29) is 33.5 Å². The zero-order valence-electron chi connectivity index (χ0n) is 18.6. The number of aromatic hydroxyl groups is 1. The maximum atomic E-state index is 12.5. The third-order valence-electron chi connectivity index (χ3n) is 4.81. The molecule has 31 heavy (non-hydrogen) atoms. The summed E-state index contributed by atoms with van der Waals surface area (Å²) >= 11 is 0. The van der Waals surface area contributed by atoms with Crippen LogP contribution in [0.1, 0.15) is 68.6 Å². The Morgan fingerprint density at radius 2 is 1.35 bits per heavy atom. The van der Waals surface area contributed by atoms with Gasteiger partial charge in [0, 0.05) is 0 Å². The molecule has 0 fully saturated rings. The second-order valence-corrected chi connectivity index (χ2v) is 11.3. The molecule has 0 heterocycles. The van der Waals surface area contributed by atoms with Crippen LogP contribution in [0.25, 0.3) is 0 Å². The van der Waals surface area contributed by atoms with Crippen LogP contribution < -0.4 is 4.72 Å². The van der Waals surface area contributed by atoms with Gasteiger partial charge < -0.3 is 10.2 Å². The molecule has 3 N–H and O–H groups in total. The number of carboxylic acids is 1. The molecular weight excluding hydrogens is 418 g/mol. The minimum Gasteiger partial charge on any atom is -0.507 e. The van der Waals surface area contributed by atoms with Gasteiger partial charge in [0.2, 0.25) is 5.91 Å². The predicted octanol–water partition coefficient (Wildman–Crippen LogP) is 3.73. The van der Waals surface area contributed by atoms with Gasteiger partial charge in [0.1, 0.15) is 5.75 Å². The molecule has 8 heteroatoms. The smallest absolute Gasteiger partial charge is 0.335 e. The van der Waals surface area contributed by atoms with Crippen molar-refractivity contribution in [2.75, 3.05) is 0 Å². The normalized spacial score (nSPS) is 12.5. The summed E-state index contributed by atoms with van der Waals surface area (Å²) in [6, 6.07) is 8.03. The van der Waals surface area contributed by atoms with Gasteiger partial charge in [-0.05, 0) is 51.8 Å². The van der Waals surface area contributed by atoms with E-state index in [4.69, 9.17) is 5.11 Å². The molecule has 0 saturated carbocycles. The van der Waals surface area contributed by atoms with Gasteiger partial charge in [0.05, 0.1) is 16.9 Å². The minimum atomic E-state index is -4.15. The quantitative estimate of drug-likeness (QED) is 0.642. The molecule has 2 aromatic rings. The second kappa shape index (κ2) is 8.34. The number of carboxylic acid groups (broad SMARTS) is 1. The van der Waals surface area contributed by atoms with Crippen molar-refractivity contribution in [3.63, 3.8) is 0 Å². The molecule has 0 aromatic heterocycles. The summed E-state index contributed by atoms with van der Waals surface area (Å²) in [5, 5.41) is 19.7. The fraction of sp³-hybridized carbons (Fsp3) is 0.391. The largest absolute Gasteiger partial charge is 0.507 e. The summed E-state index contributed by atoms with van der Waals surface area (Å²) in [5.41, 5.74) is 1.12. The van der Waals surface area contributed by atoms with E-state index in [0.717, 1.165) is 24.3 Å². The molecule has 0 aliphatic rings. The van der Waals surface area contributed by atoms with Gasteiger partial charge in [-0.1, -0.05) is 53.7 Å². The fourth-order valence-electron chi connectivity index (χ4n) is 3.15. The number of hydrogen-bond acceptors (Lipinski definition) is 5. The van der Waals surface area contributed by atoms with Crippen molar-refractivity contribution in [2.24, 2.45) is 0 Å². The molecule has 0 unspecified atom stereocenters. The van der Waals surface area contributed by atoms with Gasteiger partial charge in [-0.3, -0.25) is 4.79 Å². The highest BCUT2D eigenvalue weighted by Crippen LogP contribution is 2.39. The van der Waals surface area contributed by atoms with Crippen molar-refractivity contribution in [3.05, 3.63) is 58.7 Å². The van der Waals surface area contributed by atoms with Crippen molar-refractivity contribution < 1.29 is 28.2 Å². The lowest BCUT2D eigenvalue weighted by molar-refractivity contribution is -0.118. The Labute approximate surface area is 183 Å². The highest BCUT2D eigenvalue weighted by molar-refractivity contribution is 7.90. The van der Waals surface area contributed by atoms with E-state index in [9.17, 15) is 23.1 Å². The summed E-state index contributed by atoms with van der Waals surface area (Å²) in [6.07, 6.45) is -0.196. The number of hydrogen-bond donors (Lipinski definition) is 3. The summed E-state index contributed by atoms with van der Waals surface area (Å²) in [6.45, 7) is 11.7. The van der Waals surface area contributed by atoms with Gasteiger partial charge in [-0.15, -0.1) is 0 Å². The van der Waals surface area contributed by atoms with Gasteiger partial charge in [0.25, 0.3) is 10.0 Å². The number of phenols is 1. The van der Waals surface area contributed by atoms with E-state index < -0.39 is 21.9 Å².